The van der Waals surface area contributed by atoms with Gasteiger partial charge in [0, 0.05) is 13.6 Å². The van der Waals surface area contributed by atoms with Crippen LogP contribution in [0.15, 0.2) is 41.5 Å². The Morgan fingerprint density at radius 2 is 2.00 bits per heavy atom. The summed E-state index contributed by atoms with van der Waals surface area (Å²) in [5.41, 5.74) is 0.773. The average molecular weight is 216 g/mol. The first-order valence-electron chi connectivity index (χ1n) is 4.92. The summed E-state index contributed by atoms with van der Waals surface area (Å²) in [4.78, 5) is 22.9. The third kappa shape index (κ3) is 2.44. The first kappa shape index (κ1) is 10.4. The fourth-order valence-electron chi connectivity index (χ4n) is 1.42. The molecule has 0 radical (unpaired) electrons. The highest BCUT2D eigenvalue weighted by molar-refractivity contribution is 5.29. The Kier molecular flexibility index (Phi) is 2.95. The van der Waals surface area contributed by atoms with E-state index in [4.69, 9.17) is 0 Å². The lowest BCUT2D eigenvalue weighted by molar-refractivity contribution is 0.838. The van der Waals surface area contributed by atoms with E-state index < -0.39 is 0 Å². The Hall–Kier alpha value is -2.17. The van der Waals surface area contributed by atoms with Crippen molar-refractivity contribution >= 4 is 5.95 Å². The lowest BCUT2D eigenvalue weighted by atomic mass is 10.2. The van der Waals surface area contributed by atoms with Crippen molar-refractivity contribution in [2.45, 2.75) is 6.54 Å². The lowest BCUT2D eigenvalue weighted by Crippen LogP contribution is -2.23. The molecular weight excluding hydrogens is 204 g/mol. The highest BCUT2D eigenvalue weighted by atomic mass is 16.1. The van der Waals surface area contributed by atoms with E-state index in [2.05, 4.69) is 15.0 Å². The van der Waals surface area contributed by atoms with E-state index in [0.717, 1.165) is 5.56 Å². The third-order valence-corrected chi connectivity index (χ3v) is 2.20. The molecule has 1 aromatic heterocycles. The van der Waals surface area contributed by atoms with Crippen LogP contribution in [0.2, 0.25) is 0 Å². The number of anilines is 1. The van der Waals surface area contributed by atoms with Gasteiger partial charge >= 0.3 is 5.69 Å². The summed E-state index contributed by atoms with van der Waals surface area (Å²) >= 11 is 0. The first-order chi connectivity index (χ1) is 7.75. The van der Waals surface area contributed by atoms with Gasteiger partial charge < -0.3 is 4.90 Å². The Bertz CT molecular complexity index is 509. The van der Waals surface area contributed by atoms with Crippen LogP contribution in [0.4, 0.5) is 5.95 Å². The number of nitrogens with zero attached hydrogens (tertiary/aromatic N) is 3. The zero-order valence-electron chi connectivity index (χ0n) is 8.92. The van der Waals surface area contributed by atoms with Gasteiger partial charge in [0.05, 0.1) is 0 Å². The molecule has 0 atom stereocenters. The predicted molar refractivity (Wildman–Crippen MR) is 61.2 cm³/mol. The van der Waals surface area contributed by atoms with Crippen molar-refractivity contribution in [1.82, 2.24) is 15.0 Å². The molecule has 5 nitrogen and oxygen atoms in total. The molecule has 1 N–H and O–H groups in total. The van der Waals surface area contributed by atoms with Crippen LogP contribution in [0.25, 0.3) is 0 Å². The molecule has 5 heteroatoms. The summed E-state index contributed by atoms with van der Waals surface area (Å²) in [5, 5.41) is 0. The van der Waals surface area contributed by atoms with E-state index in [1.54, 1.807) is 0 Å². The number of nitrogens with one attached hydrogen (secondary N) is 1. The van der Waals surface area contributed by atoms with Crippen LogP contribution in [0, 0.1) is 0 Å². The van der Waals surface area contributed by atoms with Crippen LogP contribution >= 0.6 is 0 Å². The van der Waals surface area contributed by atoms with Crippen LogP contribution in [0.5, 0.6) is 0 Å². The maximum Gasteiger partial charge on any atom is 0.349 e. The molecule has 0 aliphatic heterocycles. The molecule has 0 aliphatic rings. The fraction of sp³-hybridized carbons (Fsp3) is 0.182. The molecule has 0 saturated heterocycles. The Morgan fingerprint density at radius 1 is 1.25 bits per heavy atom. The Labute approximate surface area is 92.8 Å². The largest absolute Gasteiger partial charge is 0.349 e. The normalized spacial score (nSPS) is 10.1. The topological polar surface area (TPSA) is 61.9 Å². The number of hydrogen-bond acceptors (Lipinski definition) is 4. The zero-order chi connectivity index (χ0) is 11.4. The number of aromatic nitrogens is 3. The standard InChI is InChI=1S/C11H12N4O/c1-15(7-9-5-3-2-4-6-9)10-12-8-13-11(16)14-10/h2-6,8H,7H2,1H3,(H,12,13,14,16). The number of rotatable bonds is 3. The number of benzene rings is 1. The van der Waals surface area contributed by atoms with Crippen LogP contribution < -0.4 is 10.6 Å². The smallest absolute Gasteiger partial charge is 0.341 e. The van der Waals surface area contributed by atoms with Gasteiger partial charge in [0.15, 0.2) is 0 Å². The van der Waals surface area contributed by atoms with Crippen molar-refractivity contribution in [3.8, 4) is 0 Å². The molecule has 16 heavy (non-hydrogen) atoms. The number of H-pyrrole nitrogens is 1. The van der Waals surface area contributed by atoms with Gasteiger partial charge in [0.2, 0.25) is 5.95 Å². The van der Waals surface area contributed by atoms with Crippen LogP contribution in [-0.4, -0.2) is 22.0 Å². The van der Waals surface area contributed by atoms with Crippen molar-refractivity contribution in [1.29, 1.82) is 0 Å². The second-order valence-corrected chi connectivity index (χ2v) is 3.47. The van der Waals surface area contributed by atoms with Crippen molar-refractivity contribution in [3.05, 3.63) is 52.7 Å². The van der Waals surface area contributed by atoms with E-state index in [-0.39, 0.29) is 5.69 Å². The first-order valence-corrected chi connectivity index (χ1v) is 4.92. The summed E-state index contributed by atoms with van der Waals surface area (Å²) in [6, 6.07) is 9.97. The monoisotopic (exact) mass is 216 g/mol. The number of hydrogen-bond donors (Lipinski definition) is 1. The van der Waals surface area contributed by atoms with Gasteiger partial charge in [-0.05, 0) is 5.56 Å². The van der Waals surface area contributed by atoms with Crippen molar-refractivity contribution in [2.75, 3.05) is 11.9 Å². The van der Waals surface area contributed by atoms with E-state index in [9.17, 15) is 4.79 Å². The SMILES string of the molecule is CN(Cc1ccccc1)c1ncnc(=O)[nH]1. The molecule has 1 aromatic carbocycles. The maximum absolute atomic E-state index is 11.0. The molecular formula is C11H12N4O. The zero-order valence-corrected chi connectivity index (χ0v) is 8.92. The molecule has 2 rings (SSSR count). The van der Waals surface area contributed by atoms with Gasteiger partial charge in [-0.15, -0.1) is 0 Å². The molecule has 1 heterocycles. The van der Waals surface area contributed by atoms with Crippen LogP contribution in [0.3, 0.4) is 0 Å². The van der Waals surface area contributed by atoms with E-state index in [0.29, 0.717) is 12.5 Å². The van der Waals surface area contributed by atoms with Crippen molar-refractivity contribution < 1.29 is 0 Å². The van der Waals surface area contributed by atoms with Gasteiger partial charge in [-0.2, -0.15) is 4.98 Å². The van der Waals surface area contributed by atoms with Gasteiger partial charge in [-0.1, -0.05) is 30.3 Å². The highest BCUT2D eigenvalue weighted by Gasteiger charge is 2.03. The van der Waals surface area contributed by atoms with Crippen LogP contribution in [0.1, 0.15) is 5.56 Å². The summed E-state index contributed by atoms with van der Waals surface area (Å²) in [6.45, 7) is 0.688. The minimum atomic E-state index is -0.384. The Morgan fingerprint density at radius 3 is 2.69 bits per heavy atom. The molecule has 2 aromatic rings. The number of aromatic amines is 1. The molecule has 0 unspecified atom stereocenters. The molecule has 0 aliphatic carbocycles. The van der Waals surface area contributed by atoms with Gasteiger partial charge in [0.25, 0.3) is 0 Å². The summed E-state index contributed by atoms with van der Waals surface area (Å²) in [6.07, 6.45) is 1.26. The molecule has 0 bridgehead atoms. The summed E-state index contributed by atoms with van der Waals surface area (Å²) in [5.74, 6) is 0.517. The second-order valence-electron chi connectivity index (χ2n) is 3.47. The summed E-state index contributed by atoms with van der Waals surface area (Å²) in [7, 11) is 1.87. The van der Waals surface area contributed by atoms with Gasteiger partial charge in [0.1, 0.15) is 6.33 Å². The van der Waals surface area contributed by atoms with Gasteiger partial charge in [-0.25, -0.2) is 9.78 Å². The predicted octanol–water partition coefficient (Wildman–Crippen LogP) is 0.801. The van der Waals surface area contributed by atoms with Crippen LogP contribution in [-0.2, 0) is 6.54 Å². The lowest BCUT2D eigenvalue weighted by Gasteiger charge is -2.16. The second kappa shape index (κ2) is 4.57. The van der Waals surface area contributed by atoms with Crippen molar-refractivity contribution in [3.63, 3.8) is 0 Å². The fourth-order valence-corrected chi connectivity index (χ4v) is 1.42. The molecule has 0 amide bonds. The quantitative estimate of drug-likeness (QED) is 0.824. The maximum atomic E-state index is 11.0. The third-order valence-electron chi connectivity index (χ3n) is 2.20. The van der Waals surface area contributed by atoms with Gasteiger partial charge in [-0.3, -0.25) is 4.98 Å². The van der Waals surface area contributed by atoms with E-state index in [1.165, 1.54) is 6.33 Å². The van der Waals surface area contributed by atoms with E-state index >= 15 is 0 Å². The average Bonchev–Trinajstić information content (AvgIpc) is 2.30. The Balaban J connectivity index is 2.15. The minimum absolute atomic E-state index is 0.384. The summed E-state index contributed by atoms with van der Waals surface area (Å²) < 4.78 is 0. The minimum Gasteiger partial charge on any atom is -0.341 e. The van der Waals surface area contributed by atoms with Crippen molar-refractivity contribution in [2.24, 2.45) is 0 Å². The molecule has 0 spiro atoms. The highest BCUT2D eigenvalue weighted by Crippen LogP contribution is 2.07. The van der Waals surface area contributed by atoms with E-state index in [1.807, 2.05) is 42.3 Å². The molecule has 0 fully saturated rings. The molecule has 0 saturated carbocycles. The molecule has 82 valence electrons.